The molecule has 0 unspecified atom stereocenters. The van der Waals surface area contributed by atoms with E-state index in [4.69, 9.17) is 9.47 Å². The van der Waals surface area contributed by atoms with E-state index < -0.39 is 65.7 Å². The molecule has 0 bridgehead atoms. The summed E-state index contributed by atoms with van der Waals surface area (Å²) in [6.07, 6.45) is 3.86. The lowest BCUT2D eigenvalue weighted by Crippen LogP contribution is -2.50. The monoisotopic (exact) mass is 542 g/mol. The first-order valence-electron chi connectivity index (χ1n) is 13.7. The highest BCUT2D eigenvalue weighted by Gasteiger charge is 2.39. The van der Waals surface area contributed by atoms with Crippen molar-refractivity contribution in [2.75, 3.05) is 13.2 Å². The summed E-state index contributed by atoms with van der Waals surface area (Å²) in [6.45, 7) is 13.5. The second kappa shape index (κ2) is 14.3. The van der Waals surface area contributed by atoms with Gasteiger partial charge in [0.1, 0.15) is 11.2 Å². The normalized spacial score (nSPS) is 17.5. The van der Waals surface area contributed by atoms with Gasteiger partial charge in [0.15, 0.2) is 12.1 Å². The maximum absolute atomic E-state index is 13.0. The van der Waals surface area contributed by atoms with E-state index in [1.807, 2.05) is 27.7 Å². The van der Waals surface area contributed by atoms with E-state index in [0.717, 1.165) is 19.3 Å². The molecular formula is C28H50N2O8. The van der Waals surface area contributed by atoms with Gasteiger partial charge in [-0.05, 0) is 57.8 Å². The third-order valence-corrected chi connectivity index (χ3v) is 8.10. The minimum atomic E-state index is -1.21. The molecule has 10 nitrogen and oxygen atoms in total. The van der Waals surface area contributed by atoms with Crippen LogP contribution in [0.1, 0.15) is 100 Å². The average Bonchev–Trinajstić information content (AvgIpc) is 2.80. The number of carbonyl (C=O) groups is 4. The number of rotatable bonds is 14. The summed E-state index contributed by atoms with van der Waals surface area (Å²) < 4.78 is 11.0. The van der Waals surface area contributed by atoms with Gasteiger partial charge in [-0.2, -0.15) is 0 Å². The summed E-state index contributed by atoms with van der Waals surface area (Å²) in [7, 11) is 0. The highest BCUT2D eigenvalue weighted by atomic mass is 16.6. The molecule has 1 aliphatic rings. The number of aliphatic hydroxyl groups excluding tert-OH is 2. The van der Waals surface area contributed by atoms with Crippen LogP contribution in [0.5, 0.6) is 0 Å². The highest BCUT2D eigenvalue weighted by molar-refractivity contribution is 5.87. The maximum atomic E-state index is 13.0. The van der Waals surface area contributed by atoms with Crippen molar-refractivity contribution in [1.29, 1.82) is 0 Å². The highest BCUT2D eigenvalue weighted by Crippen LogP contribution is 2.42. The molecule has 0 spiro atoms. The number of amides is 2. The molecule has 1 rings (SSSR count). The molecule has 0 aromatic rings. The molecule has 38 heavy (non-hydrogen) atoms. The number of hydrogen-bond acceptors (Lipinski definition) is 8. The standard InChI is InChI=1S/C28H50N2O8/c1-18(2)26(5,6)37-24(35)20(16-31)29-22(33)14-28(12-10-9-11-13-28)15-23(34)30-21(17-32)25(36)38-27(7,8)19(3)4/h18-21,31-32H,9-17H2,1-8H3,(H,29,33)(H,30,34)/t20-,21-/m1/s1. The zero-order valence-corrected chi connectivity index (χ0v) is 24.5. The quantitative estimate of drug-likeness (QED) is 0.245. The number of carbonyl (C=O) groups excluding carboxylic acids is 4. The Kier molecular flexibility index (Phi) is 12.7. The first-order chi connectivity index (χ1) is 17.5. The number of aliphatic hydroxyl groups is 2. The van der Waals surface area contributed by atoms with E-state index >= 15 is 0 Å². The first-order valence-corrected chi connectivity index (χ1v) is 13.7. The fraction of sp³-hybridized carbons (Fsp3) is 0.857. The fourth-order valence-corrected chi connectivity index (χ4v) is 4.14. The van der Waals surface area contributed by atoms with E-state index in [-0.39, 0.29) is 24.7 Å². The molecular weight excluding hydrogens is 492 g/mol. The van der Waals surface area contributed by atoms with Crippen molar-refractivity contribution in [2.45, 2.75) is 124 Å². The minimum Gasteiger partial charge on any atom is -0.458 e. The lowest BCUT2D eigenvalue weighted by atomic mass is 9.69. The van der Waals surface area contributed by atoms with Crippen LogP contribution in [-0.4, -0.2) is 70.5 Å². The molecule has 2 atom stereocenters. The van der Waals surface area contributed by atoms with E-state index in [1.54, 1.807) is 27.7 Å². The first kappa shape index (κ1) is 33.8. The molecule has 0 saturated heterocycles. The van der Waals surface area contributed by atoms with Gasteiger partial charge in [-0.15, -0.1) is 0 Å². The van der Waals surface area contributed by atoms with Gasteiger partial charge in [-0.3, -0.25) is 9.59 Å². The van der Waals surface area contributed by atoms with Gasteiger partial charge in [0.25, 0.3) is 0 Å². The molecule has 220 valence electrons. The summed E-state index contributed by atoms with van der Waals surface area (Å²) >= 11 is 0. The molecule has 0 radical (unpaired) electrons. The van der Waals surface area contributed by atoms with Crippen LogP contribution in [0.4, 0.5) is 0 Å². The van der Waals surface area contributed by atoms with Gasteiger partial charge in [0.2, 0.25) is 11.8 Å². The topological polar surface area (TPSA) is 151 Å². The van der Waals surface area contributed by atoms with E-state index in [0.29, 0.717) is 12.8 Å². The van der Waals surface area contributed by atoms with E-state index in [9.17, 15) is 29.4 Å². The lowest BCUT2D eigenvalue weighted by Gasteiger charge is -2.37. The minimum absolute atomic E-state index is 0.0214. The summed E-state index contributed by atoms with van der Waals surface area (Å²) in [4.78, 5) is 51.2. The predicted molar refractivity (Wildman–Crippen MR) is 143 cm³/mol. The zero-order chi connectivity index (χ0) is 29.3. The van der Waals surface area contributed by atoms with Crippen molar-refractivity contribution in [1.82, 2.24) is 10.6 Å². The molecule has 4 N–H and O–H groups in total. The summed E-state index contributed by atoms with van der Waals surface area (Å²) in [6, 6.07) is -2.43. The Morgan fingerprint density at radius 1 is 0.711 bits per heavy atom. The van der Waals surface area contributed by atoms with E-state index in [1.165, 1.54) is 0 Å². The van der Waals surface area contributed by atoms with Crippen molar-refractivity contribution in [3.63, 3.8) is 0 Å². The Morgan fingerprint density at radius 3 is 1.34 bits per heavy atom. The maximum Gasteiger partial charge on any atom is 0.331 e. The smallest absolute Gasteiger partial charge is 0.331 e. The van der Waals surface area contributed by atoms with Crippen LogP contribution >= 0.6 is 0 Å². The number of esters is 2. The molecule has 1 fully saturated rings. The van der Waals surface area contributed by atoms with Crippen LogP contribution in [0.3, 0.4) is 0 Å². The Morgan fingerprint density at radius 2 is 1.05 bits per heavy atom. The van der Waals surface area contributed by atoms with Crippen LogP contribution < -0.4 is 10.6 Å². The van der Waals surface area contributed by atoms with Crippen molar-refractivity contribution < 1.29 is 38.9 Å². The predicted octanol–water partition coefficient (Wildman–Crippen LogP) is 2.63. The molecule has 0 aromatic carbocycles. The third kappa shape index (κ3) is 10.2. The van der Waals surface area contributed by atoms with Gasteiger partial charge in [0.05, 0.1) is 13.2 Å². The largest absolute Gasteiger partial charge is 0.458 e. The Bertz CT molecular complexity index is 756. The van der Waals surface area contributed by atoms with Crippen LogP contribution in [0.2, 0.25) is 0 Å². The van der Waals surface area contributed by atoms with Gasteiger partial charge in [0, 0.05) is 12.8 Å². The Labute approximate surface area is 227 Å². The molecule has 0 aliphatic heterocycles. The van der Waals surface area contributed by atoms with Crippen LogP contribution in [0.25, 0.3) is 0 Å². The Hall–Kier alpha value is -2.20. The van der Waals surface area contributed by atoms with Crippen LogP contribution in [0.15, 0.2) is 0 Å². The number of ether oxygens (including phenoxy) is 2. The summed E-state index contributed by atoms with van der Waals surface area (Å²) in [5.74, 6) is -2.30. The van der Waals surface area contributed by atoms with Crippen molar-refractivity contribution >= 4 is 23.8 Å². The Balaban J connectivity index is 2.89. The zero-order valence-electron chi connectivity index (χ0n) is 24.5. The van der Waals surface area contributed by atoms with Crippen molar-refractivity contribution in [3.05, 3.63) is 0 Å². The molecule has 10 heteroatoms. The second-order valence-corrected chi connectivity index (χ2v) is 12.4. The molecule has 2 amide bonds. The van der Waals surface area contributed by atoms with Gasteiger partial charge < -0.3 is 30.3 Å². The van der Waals surface area contributed by atoms with E-state index in [2.05, 4.69) is 10.6 Å². The van der Waals surface area contributed by atoms with Crippen molar-refractivity contribution in [3.8, 4) is 0 Å². The van der Waals surface area contributed by atoms with Gasteiger partial charge >= 0.3 is 11.9 Å². The third-order valence-electron chi connectivity index (χ3n) is 8.10. The summed E-state index contributed by atoms with van der Waals surface area (Å²) in [5, 5.41) is 24.6. The SMILES string of the molecule is CC(C)C(C)(C)OC(=O)[C@@H](CO)NC(=O)CC1(CC(=O)N[C@H](CO)C(=O)OC(C)(C)C(C)C)CCCCC1. The molecule has 1 saturated carbocycles. The number of nitrogens with one attached hydrogen (secondary N) is 2. The van der Waals surface area contributed by atoms with Crippen molar-refractivity contribution in [2.24, 2.45) is 17.3 Å². The molecule has 0 heterocycles. The van der Waals surface area contributed by atoms with Crippen LogP contribution in [0, 0.1) is 17.3 Å². The second-order valence-electron chi connectivity index (χ2n) is 12.4. The molecule has 0 aromatic heterocycles. The van der Waals surface area contributed by atoms with Gasteiger partial charge in [-0.1, -0.05) is 47.0 Å². The van der Waals surface area contributed by atoms with Gasteiger partial charge in [-0.25, -0.2) is 9.59 Å². The lowest BCUT2D eigenvalue weighted by molar-refractivity contribution is -0.165. The average molecular weight is 543 g/mol. The molecule has 1 aliphatic carbocycles. The van der Waals surface area contributed by atoms with Crippen LogP contribution in [-0.2, 0) is 28.7 Å². The number of hydrogen-bond donors (Lipinski definition) is 4. The summed E-state index contributed by atoms with van der Waals surface area (Å²) in [5.41, 5.74) is -2.21. The fourth-order valence-electron chi connectivity index (χ4n) is 4.14.